The standard InChI is InChI=1S/C16H23ClN2O2/c1-12(2)16(21)10-19(11-16)9-15(20)18-7-6-13-4-3-5-14(17)8-13/h3-5,8,12,21H,6-7,9-11H2,1-2H3,(H,18,20). The minimum atomic E-state index is -0.624. The van der Waals surface area contributed by atoms with E-state index in [9.17, 15) is 9.90 Å². The Morgan fingerprint density at radius 3 is 2.81 bits per heavy atom. The Kier molecular flexibility index (Phi) is 5.25. The van der Waals surface area contributed by atoms with Crippen LogP contribution in [0, 0.1) is 5.92 Å². The van der Waals surface area contributed by atoms with Crippen LogP contribution in [-0.4, -0.2) is 47.7 Å². The average molecular weight is 311 g/mol. The molecule has 1 amide bonds. The molecule has 2 rings (SSSR count). The van der Waals surface area contributed by atoms with Crippen LogP contribution >= 0.6 is 11.6 Å². The SMILES string of the molecule is CC(C)C1(O)CN(CC(=O)NCCc2cccc(Cl)c2)C1. The van der Waals surface area contributed by atoms with Crippen molar-refractivity contribution in [1.82, 2.24) is 10.2 Å². The Balaban J connectivity index is 1.65. The number of amides is 1. The molecule has 1 saturated heterocycles. The first kappa shape index (κ1) is 16.3. The number of carbonyl (C=O) groups excluding carboxylic acids is 1. The van der Waals surface area contributed by atoms with Gasteiger partial charge in [-0.05, 0) is 30.0 Å². The van der Waals surface area contributed by atoms with Crippen molar-refractivity contribution < 1.29 is 9.90 Å². The summed E-state index contributed by atoms with van der Waals surface area (Å²) in [6, 6.07) is 7.65. The number of likely N-dealkylation sites (tertiary alicyclic amines) is 1. The molecule has 0 bridgehead atoms. The van der Waals surface area contributed by atoms with E-state index in [1.54, 1.807) is 0 Å². The highest BCUT2D eigenvalue weighted by Crippen LogP contribution is 2.27. The maximum Gasteiger partial charge on any atom is 0.234 e. The molecule has 0 saturated carbocycles. The molecular weight excluding hydrogens is 288 g/mol. The third-order valence-electron chi connectivity index (χ3n) is 4.06. The highest BCUT2D eigenvalue weighted by Gasteiger charge is 2.43. The summed E-state index contributed by atoms with van der Waals surface area (Å²) in [5, 5.41) is 13.8. The van der Waals surface area contributed by atoms with Crippen LogP contribution in [0.4, 0.5) is 0 Å². The van der Waals surface area contributed by atoms with Crippen molar-refractivity contribution in [2.75, 3.05) is 26.2 Å². The number of nitrogens with one attached hydrogen (secondary N) is 1. The lowest BCUT2D eigenvalue weighted by atomic mass is 9.83. The minimum Gasteiger partial charge on any atom is -0.387 e. The van der Waals surface area contributed by atoms with Gasteiger partial charge in [-0.2, -0.15) is 0 Å². The summed E-state index contributed by atoms with van der Waals surface area (Å²) in [4.78, 5) is 13.8. The van der Waals surface area contributed by atoms with Crippen LogP contribution in [0.1, 0.15) is 19.4 Å². The van der Waals surface area contributed by atoms with Gasteiger partial charge in [0.1, 0.15) is 0 Å². The van der Waals surface area contributed by atoms with Crippen LogP contribution in [-0.2, 0) is 11.2 Å². The summed E-state index contributed by atoms with van der Waals surface area (Å²) < 4.78 is 0. The Labute approximate surface area is 131 Å². The zero-order valence-electron chi connectivity index (χ0n) is 12.6. The van der Waals surface area contributed by atoms with Crippen molar-refractivity contribution in [2.24, 2.45) is 5.92 Å². The molecule has 4 nitrogen and oxygen atoms in total. The van der Waals surface area contributed by atoms with Crippen molar-refractivity contribution in [3.05, 3.63) is 34.9 Å². The summed E-state index contributed by atoms with van der Waals surface area (Å²) in [6.07, 6.45) is 0.766. The van der Waals surface area contributed by atoms with Gasteiger partial charge in [0.2, 0.25) is 5.91 Å². The lowest BCUT2D eigenvalue weighted by Gasteiger charge is -2.48. The predicted octanol–water partition coefficient (Wildman–Crippen LogP) is 1.70. The van der Waals surface area contributed by atoms with Gasteiger partial charge in [0.15, 0.2) is 0 Å². The van der Waals surface area contributed by atoms with Crippen molar-refractivity contribution >= 4 is 17.5 Å². The Hall–Kier alpha value is -1.10. The van der Waals surface area contributed by atoms with Gasteiger partial charge in [0.05, 0.1) is 12.1 Å². The van der Waals surface area contributed by atoms with Crippen molar-refractivity contribution in [3.63, 3.8) is 0 Å². The number of nitrogens with zero attached hydrogens (tertiary/aromatic N) is 1. The molecule has 0 radical (unpaired) electrons. The quantitative estimate of drug-likeness (QED) is 0.841. The lowest BCUT2D eigenvalue weighted by Crippen LogP contribution is -2.65. The molecule has 1 fully saturated rings. The molecule has 1 aromatic rings. The number of β-amino-alcohol motifs (C(OH)–C–C–N with tert-alkyl or cyclic N) is 1. The van der Waals surface area contributed by atoms with Crippen LogP contribution in [0.25, 0.3) is 0 Å². The fourth-order valence-corrected chi connectivity index (χ4v) is 2.72. The molecule has 0 unspecified atom stereocenters. The van der Waals surface area contributed by atoms with Gasteiger partial charge in [-0.1, -0.05) is 37.6 Å². The Morgan fingerprint density at radius 1 is 1.48 bits per heavy atom. The Bertz CT molecular complexity index is 499. The van der Waals surface area contributed by atoms with Gasteiger partial charge >= 0.3 is 0 Å². The molecule has 2 N–H and O–H groups in total. The second-order valence-electron chi connectivity index (χ2n) is 6.13. The van der Waals surface area contributed by atoms with E-state index in [1.807, 2.05) is 43.0 Å². The minimum absolute atomic E-state index is 0.00262. The van der Waals surface area contributed by atoms with Crippen LogP contribution in [0.5, 0.6) is 0 Å². The third-order valence-corrected chi connectivity index (χ3v) is 4.30. The third kappa shape index (κ3) is 4.43. The number of rotatable bonds is 6. The zero-order chi connectivity index (χ0) is 15.5. The summed E-state index contributed by atoms with van der Waals surface area (Å²) in [5.74, 6) is 0.225. The van der Waals surface area contributed by atoms with Gasteiger partial charge in [0, 0.05) is 24.7 Å². The van der Waals surface area contributed by atoms with Crippen molar-refractivity contribution in [2.45, 2.75) is 25.9 Å². The maximum atomic E-state index is 11.8. The molecule has 0 aromatic heterocycles. The average Bonchev–Trinajstić information content (AvgIpc) is 2.36. The lowest BCUT2D eigenvalue weighted by molar-refractivity contribution is -0.142. The van der Waals surface area contributed by atoms with Crippen LogP contribution in [0.15, 0.2) is 24.3 Å². The largest absolute Gasteiger partial charge is 0.387 e. The number of halogens is 1. The van der Waals surface area contributed by atoms with Crippen LogP contribution in [0.3, 0.4) is 0 Å². The fraction of sp³-hybridized carbons (Fsp3) is 0.562. The van der Waals surface area contributed by atoms with Gasteiger partial charge in [-0.15, -0.1) is 0 Å². The van der Waals surface area contributed by atoms with Gasteiger partial charge in [-0.3, -0.25) is 9.69 Å². The van der Waals surface area contributed by atoms with E-state index in [0.717, 1.165) is 12.0 Å². The van der Waals surface area contributed by atoms with E-state index >= 15 is 0 Å². The normalized spacial score (nSPS) is 17.6. The second kappa shape index (κ2) is 6.77. The topological polar surface area (TPSA) is 52.6 Å². The molecular formula is C16H23ClN2O2. The van der Waals surface area contributed by atoms with E-state index in [0.29, 0.717) is 31.2 Å². The van der Waals surface area contributed by atoms with E-state index in [2.05, 4.69) is 5.32 Å². The smallest absolute Gasteiger partial charge is 0.234 e. The first-order chi connectivity index (χ1) is 9.89. The zero-order valence-corrected chi connectivity index (χ0v) is 13.4. The van der Waals surface area contributed by atoms with Crippen LogP contribution < -0.4 is 5.32 Å². The second-order valence-corrected chi connectivity index (χ2v) is 6.57. The molecule has 5 heteroatoms. The Morgan fingerprint density at radius 2 is 2.19 bits per heavy atom. The van der Waals surface area contributed by atoms with Gasteiger partial charge < -0.3 is 10.4 Å². The molecule has 0 atom stereocenters. The molecule has 1 aromatic carbocycles. The van der Waals surface area contributed by atoms with E-state index < -0.39 is 5.60 Å². The highest BCUT2D eigenvalue weighted by atomic mass is 35.5. The molecule has 21 heavy (non-hydrogen) atoms. The summed E-state index contributed by atoms with van der Waals surface area (Å²) in [7, 11) is 0. The number of carbonyl (C=O) groups is 1. The van der Waals surface area contributed by atoms with Gasteiger partial charge in [-0.25, -0.2) is 0 Å². The summed E-state index contributed by atoms with van der Waals surface area (Å²) in [5.41, 5.74) is 0.488. The van der Waals surface area contributed by atoms with Crippen molar-refractivity contribution in [3.8, 4) is 0 Å². The predicted molar refractivity (Wildman–Crippen MR) is 84.4 cm³/mol. The summed E-state index contributed by atoms with van der Waals surface area (Å²) >= 11 is 5.92. The molecule has 0 aliphatic carbocycles. The monoisotopic (exact) mass is 310 g/mol. The molecule has 1 heterocycles. The van der Waals surface area contributed by atoms with Crippen LogP contribution in [0.2, 0.25) is 5.02 Å². The summed E-state index contributed by atoms with van der Waals surface area (Å²) in [6.45, 7) is 6.11. The molecule has 0 spiro atoms. The molecule has 1 aliphatic heterocycles. The van der Waals surface area contributed by atoms with Gasteiger partial charge in [0.25, 0.3) is 0 Å². The van der Waals surface area contributed by atoms with Crippen molar-refractivity contribution in [1.29, 1.82) is 0 Å². The molecule has 1 aliphatic rings. The number of benzene rings is 1. The van der Waals surface area contributed by atoms with E-state index in [-0.39, 0.29) is 11.8 Å². The number of hydrogen-bond acceptors (Lipinski definition) is 3. The fourth-order valence-electron chi connectivity index (χ4n) is 2.50. The highest BCUT2D eigenvalue weighted by molar-refractivity contribution is 6.30. The molecule has 116 valence electrons. The first-order valence-corrected chi connectivity index (χ1v) is 7.73. The maximum absolute atomic E-state index is 11.8. The van der Waals surface area contributed by atoms with E-state index in [1.165, 1.54) is 0 Å². The first-order valence-electron chi connectivity index (χ1n) is 7.35. The number of hydrogen-bond donors (Lipinski definition) is 2. The number of aliphatic hydroxyl groups is 1. The van der Waals surface area contributed by atoms with E-state index in [4.69, 9.17) is 11.6 Å².